The largest absolute Gasteiger partial charge is 0.343 e. The number of hydrogen-bond acceptors (Lipinski definition) is 5. The van der Waals surface area contributed by atoms with Crippen LogP contribution >= 0.6 is 11.3 Å². The second-order valence-electron chi connectivity index (χ2n) is 9.72. The number of nitrogens with one attached hydrogen (secondary N) is 1. The van der Waals surface area contributed by atoms with E-state index in [-0.39, 0.29) is 17.9 Å². The van der Waals surface area contributed by atoms with Gasteiger partial charge < -0.3 is 10.2 Å². The Morgan fingerprint density at radius 1 is 0.939 bits per heavy atom. The second-order valence-corrected chi connectivity index (χ2v) is 10.7. The lowest BCUT2D eigenvalue weighted by Crippen LogP contribution is -2.53. The third-order valence-corrected chi connectivity index (χ3v) is 7.62. The molecule has 0 bridgehead atoms. The molecule has 3 atom stereocenters. The van der Waals surface area contributed by atoms with Gasteiger partial charge in [0.1, 0.15) is 0 Å². The molecule has 0 unspecified atom stereocenters. The third-order valence-electron chi connectivity index (χ3n) is 6.68. The summed E-state index contributed by atoms with van der Waals surface area (Å²) in [6.07, 6.45) is 1.21. The molecule has 2 fully saturated rings. The van der Waals surface area contributed by atoms with Crippen molar-refractivity contribution in [2.45, 2.75) is 26.3 Å². The molecule has 3 heterocycles. The maximum atomic E-state index is 12.9. The van der Waals surface area contributed by atoms with E-state index in [1.807, 2.05) is 34.5 Å². The van der Waals surface area contributed by atoms with E-state index in [9.17, 15) is 9.59 Å². The van der Waals surface area contributed by atoms with E-state index in [1.165, 1.54) is 6.42 Å². The highest BCUT2D eigenvalue weighted by Gasteiger charge is 2.28. The summed E-state index contributed by atoms with van der Waals surface area (Å²) in [5, 5.41) is 5.28. The summed E-state index contributed by atoms with van der Waals surface area (Å²) >= 11 is 1.66. The van der Waals surface area contributed by atoms with Crippen LogP contribution < -0.4 is 5.32 Å². The quantitative estimate of drug-likeness (QED) is 0.679. The number of nitrogens with zero attached hydrogens (tertiary/aromatic N) is 3. The standard InChI is InChI=1S/C26H36N4O2S/c1-20-15-21(2)17-30(16-20)25(32)19-29-12-10-28(11-13-29)18-24(31)27-26(23-9-6-14-33-23)22-7-4-3-5-8-22/h3-9,14,20-21,26H,10-13,15-19H2,1-2H3,(H,27,31)/t20-,21-,26-/m1/s1. The number of hydrogen-bond donors (Lipinski definition) is 1. The first kappa shape index (κ1) is 23.9. The number of piperazine rings is 1. The fourth-order valence-electron chi connectivity index (χ4n) is 5.09. The highest BCUT2D eigenvalue weighted by atomic mass is 32.1. The molecule has 33 heavy (non-hydrogen) atoms. The number of carbonyl (C=O) groups excluding carboxylic acids is 2. The van der Waals surface area contributed by atoms with Gasteiger partial charge in [0.15, 0.2) is 0 Å². The number of likely N-dealkylation sites (tertiary alicyclic amines) is 1. The number of amides is 2. The summed E-state index contributed by atoms with van der Waals surface area (Å²) in [6, 6.07) is 14.1. The van der Waals surface area contributed by atoms with Gasteiger partial charge in [-0.15, -0.1) is 11.3 Å². The predicted octanol–water partition coefficient (Wildman–Crippen LogP) is 3.08. The van der Waals surface area contributed by atoms with Gasteiger partial charge in [0.25, 0.3) is 0 Å². The number of thiophene rings is 1. The van der Waals surface area contributed by atoms with Gasteiger partial charge in [0, 0.05) is 44.1 Å². The Bertz CT molecular complexity index is 886. The molecule has 1 aromatic heterocycles. The Balaban J connectivity index is 1.25. The smallest absolute Gasteiger partial charge is 0.236 e. The first-order valence-electron chi connectivity index (χ1n) is 12.1. The minimum Gasteiger partial charge on any atom is -0.343 e. The Morgan fingerprint density at radius 2 is 1.58 bits per heavy atom. The van der Waals surface area contributed by atoms with Gasteiger partial charge in [-0.2, -0.15) is 0 Å². The van der Waals surface area contributed by atoms with Crippen LogP contribution in [0.1, 0.15) is 36.8 Å². The van der Waals surface area contributed by atoms with E-state index in [1.54, 1.807) is 11.3 Å². The van der Waals surface area contributed by atoms with Crippen LogP contribution in [0.3, 0.4) is 0 Å². The fraction of sp³-hybridized carbons (Fsp3) is 0.538. The van der Waals surface area contributed by atoms with Crippen LogP contribution in [0.25, 0.3) is 0 Å². The third kappa shape index (κ3) is 6.65. The molecule has 2 aromatic rings. The maximum absolute atomic E-state index is 12.9. The van der Waals surface area contributed by atoms with Crippen LogP contribution in [0.2, 0.25) is 0 Å². The van der Waals surface area contributed by atoms with E-state index in [0.29, 0.717) is 24.9 Å². The van der Waals surface area contributed by atoms with Crippen molar-refractivity contribution in [3.05, 3.63) is 58.3 Å². The molecule has 0 spiro atoms. The summed E-state index contributed by atoms with van der Waals surface area (Å²) in [5.41, 5.74) is 1.10. The van der Waals surface area contributed by atoms with E-state index in [0.717, 1.165) is 49.7 Å². The zero-order chi connectivity index (χ0) is 23.2. The lowest BCUT2D eigenvalue weighted by Gasteiger charge is -2.38. The van der Waals surface area contributed by atoms with Gasteiger partial charge in [0.2, 0.25) is 11.8 Å². The lowest BCUT2D eigenvalue weighted by molar-refractivity contribution is -0.135. The van der Waals surface area contributed by atoms with Gasteiger partial charge in [-0.3, -0.25) is 19.4 Å². The SMILES string of the molecule is C[C@@H]1C[C@@H](C)CN(C(=O)CN2CCN(CC(=O)N[C@H](c3ccccc3)c3cccs3)CC2)C1. The number of piperidine rings is 1. The van der Waals surface area contributed by atoms with Crippen molar-refractivity contribution in [3.8, 4) is 0 Å². The van der Waals surface area contributed by atoms with Crippen LogP contribution in [0.5, 0.6) is 0 Å². The lowest BCUT2D eigenvalue weighted by atomic mass is 9.92. The van der Waals surface area contributed by atoms with Gasteiger partial charge >= 0.3 is 0 Å². The molecular weight excluding hydrogens is 432 g/mol. The zero-order valence-electron chi connectivity index (χ0n) is 19.8. The summed E-state index contributed by atoms with van der Waals surface area (Å²) in [5.74, 6) is 1.46. The van der Waals surface area contributed by atoms with Crippen molar-refractivity contribution in [2.24, 2.45) is 11.8 Å². The van der Waals surface area contributed by atoms with Gasteiger partial charge in [-0.05, 0) is 35.3 Å². The molecule has 4 rings (SSSR count). The molecule has 1 aromatic carbocycles. The molecule has 2 aliphatic rings. The minimum atomic E-state index is -0.119. The second kappa shape index (κ2) is 11.3. The van der Waals surface area contributed by atoms with E-state index >= 15 is 0 Å². The van der Waals surface area contributed by atoms with Crippen LogP contribution in [-0.2, 0) is 9.59 Å². The Kier molecular flexibility index (Phi) is 8.17. The molecule has 7 heteroatoms. The van der Waals surface area contributed by atoms with Crippen LogP contribution in [0.4, 0.5) is 0 Å². The molecule has 6 nitrogen and oxygen atoms in total. The van der Waals surface area contributed by atoms with Crippen LogP contribution in [-0.4, -0.2) is 78.9 Å². The molecule has 2 amide bonds. The number of benzene rings is 1. The number of rotatable bonds is 7. The summed E-state index contributed by atoms with van der Waals surface area (Å²) in [7, 11) is 0. The molecular formula is C26H36N4O2S. The van der Waals surface area contributed by atoms with Crippen molar-refractivity contribution in [1.82, 2.24) is 20.0 Å². The average Bonchev–Trinajstić information content (AvgIpc) is 3.33. The summed E-state index contributed by atoms with van der Waals surface area (Å²) < 4.78 is 0. The van der Waals surface area contributed by atoms with Gasteiger partial charge in [0.05, 0.1) is 19.1 Å². The Hall–Kier alpha value is -2.22. The highest BCUT2D eigenvalue weighted by Crippen LogP contribution is 2.26. The Morgan fingerprint density at radius 3 is 2.18 bits per heavy atom. The first-order chi connectivity index (χ1) is 16.0. The van der Waals surface area contributed by atoms with Crippen molar-refractivity contribution < 1.29 is 9.59 Å². The average molecular weight is 469 g/mol. The molecule has 2 saturated heterocycles. The normalized spacial score (nSPS) is 23.3. The van der Waals surface area contributed by atoms with Crippen LogP contribution in [0.15, 0.2) is 47.8 Å². The van der Waals surface area contributed by atoms with Crippen molar-refractivity contribution in [3.63, 3.8) is 0 Å². The van der Waals surface area contributed by atoms with Crippen molar-refractivity contribution in [2.75, 3.05) is 52.4 Å². The Labute approximate surface area is 201 Å². The number of carbonyl (C=O) groups is 2. The van der Waals surface area contributed by atoms with Gasteiger partial charge in [-0.25, -0.2) is 0 Å². The van der Waals surface area contributed by atoms with E-state index in [2.05, 4.69) is 47.2 Å². The summed E-state index contributed by atoms with van der Waals surface area (Å²) in [6.45, 7) is 10.4. The van der Waals surface area contributed by atoms with Crippen molar-refractivity contribution >= 4 is 23.2 Å². The highest BCUT2D eigenvalue weighted by molar-refractivity contribution is 7.10. The fourth-order valence-corrected chi connectivity index (χ4v) is 5.90. The molecule has 178 valence electrons. The zero-order valence-corrected chi connectivity index (χ0v) is 20.6. The first-order valence-corrected chi connectivity index (χ1v) is 13.0. The van der Waals surface area contributed by atoms with Crippen molar-refractivity contribution in [1.29, 1.82) is 0 Å². The van der Waals surface area contributed by atoms with Gasteiger partial charge in [-0.1, -0.05) is 50.2 Å². The monoisotopic (exact) mass is 468 g/mol. The van der Waals surface area contributed by atoms with Crippen LogP contribution in [0, 0.1) is 11.8 Å². The molecule has 1 N–H and O–H groups in total. The molecule has 0 radical (unpaired) electrons. The van der Waals surface area contributed by atoms with E-state index < -0.39 is 0 Å². The predicted molar refractivity (Wildman–Crippen MR) is 133 cm³/mol. The molecule has 0 saturated carbocycles. The maximum Gasteiger partial charge on any atom is 0.236 e. The van der Waals surface area contributed by atoms with E-state index in [4.69, 9.17) is 0 Å². The molecule has 2 aliphatic heterocycles. The molecule has 0 aliphatic carbocycles. The minimum absolute atomic E-state index is 0.0399. The summed E-state index contributed by atoms with van der Waals surface area (Å²) in [4.78, 5) is 33.3. The topological polar surface area (TPSA) is 55.9 Å².